The van der Waals surface area contributed by atoms with Crippen LogP contribution in [0.5, 0.6) is 0 Å². The summed E-state index contributed by atoms with van der Waals surface area (Å²) in [5, 5.41) is 0. The predicted molar refractivity (Wildman–Crippen MR) is 87.1 cm³/mol. The van der Waals surface area contributed by atoms with Crippen molar-refractivity contribution in [2.75, 3.05) is 18.5 Å². The van der Waals surface area contributed by atoms with E-state index in [2.05, 4.69) is 19.3 Å². The molecule has 0 saturated carbocycles. The van der Waals surface area contributed by atoms with Gasteiger partial charge in [-0.15, -0.1) is 0 Å². The Labute approximate surface area is 127 Å². The van der Waals surface area contributed by atoms with E-state index < -0.39 is 0 Å². The molecular formula is C17H27N3O. The highest BCUT2D eigenvalue weighted by Gasteiger charge is 2.23. The zero-order valence-electron chi connectivity index (χ0n) is 13.4. The lowest BCUT2D eigenvalue weighted by atomic mass is 9.89. The van der Waals surface area contributed by atoms with Crippen LogP contribution in [0.15, 0.2) is 18.2 Å². The SMILES string of the molecule is Cc1cc(NN)ccc1C(=O)N1CCCC(C(C)C)CC1. The van der Waals surface area contributed by atoms with E-state index in [1.54, 1.807) is 0 Å². The van der Waals surface area contributed by atoms with E-state index in [1.807, 2.05) is 30.0 Å². The number of hydrogen-bond donors (Lipinski definition) is 2. The number of nitrogens with zero attached hydrogens (tertiary/aromatic N) is 1. The number of aryl methyl sites for hydroxylation is 1. The first-order valence-electron chi connectivity index (χ1n) is 7.89. The van der Waals surface area contributed by atoms with E-state index in [9.17, 15) is 4.79 Å². The smallest absolute Gasteiger partial charge is 0.254 e. The normalized spacial score (nSPS) is 19.5. The van der Waals surface area contributed by atoms with Crippen LogP contribution in [0, 0.1) is 18.8 Å². The Bertz CT molecular complexity index is 499. The van der Waals surface area contributed by atoms with Gasteiger partial charge < -0.3 is 10.3 Å². The van der Waals surface area contributed by atoms with Gasteiger partial charge in [0.05, 0.1) is 0 Å². The third-order valence-corrected chi connectivity index (χ3v) is 4.63. The average Bonchev–Trinajstić information content (AvgIpc) is 2.72. The van der Waals surface area contributed by atoms with Crippen LogP contribution < -0.4 is 11.3 Å². The van der Waals surface area contributed by atoms with E-state index in [1.165, 1.54) is 6.42 Å². The van der Waals surface area contributed by atoms with Crippen LogP contribution in [-0.4, -0.2) is 23.9 Å². The number of likely N-dealkylation sites (tertiary alicyclic amines) is 1. The zero-order chi connectivity index (χ0) is 15.4. The number of anilines is 1. The second kappa shape index (κ2) is 6.94. The van der Waals surface area contributed by atoms with E-state index in [-0.39, 0.29) is 5.91 Å². The maximum absolute atomic E-state index is 12.7. The molecule has 1 aliphatic heterocycles. The molecule has 0 bridgehead atoms. The molecule has 3 N–H and O–H groups in total. The number of amides is 1. The third-order valence-electron chi connectivity index (χ3n) is 4.63. The molecule has 0 radical (unpaired) electrons. The van der Waals surface area contributed by atoms with E-state index in [4.69, 9.17) is 5.84 Å². The zero-order valence-corrected chi connectivity index (χ0v) is 13.4. The Morgan fingerprint density at radius 1 is 1.33 bits per heavy atom. The fourth-order valence-corrected chi connectivity index (χ4v) is 3.16. The molecule has 1 aromatic carbocycles. The summed E-state index contributed by atoms with van der Waals surface area (Å²) in [6.07, 6.45) is 3.46. The van der Waals surface area contributed by atoms with Gasteiger partial charge in [0, 0.05) is 24.3 Å². The van der Waals surface area contributed by atoms with Crippen LogP contribution >= 0.6 is 0 Å². The standard InChI is InChI=1S/C17H27N3O/c1-12(2)14-5-4-9-20(10-8-14)17(21)16-7-6-15(19-18)11-13(16)3/h6-7,11-12,14,19H,4-5,8-10,18H2,1-3H3. The van der Waals surface area contributed by atoms with Gasteiger partial charge in [-0.2, -0.15) is 0 Å². The number of carbonyl (C=O) groups is 1. The molecule has 2 rings (SSSR count). The van der Waals surface area contributed by atoms with Gasteiger partial charge in [0.1, 0.15) is 0 Å². The van der Waals surface area contributed by atoms with Crippen molar-refractivity contribution in [3.63, 3.8) is 0 Å². The molecule has 0 spiro atoms. The largest absolute Gasteiger partial charge is 0.339 e. The van der Waals surface area contributed by atoms with Gasteiger partial charge in [-0.3, -0.25) is 10.6 Å². The molecule has 4 heteroatoms. The van der Waals surface area contributed by atoms with Crippen LogP contribution in [0.2, 0.25) is 0 Å². The van der Waals surface area contributed by atoms with Crippen molar-refractivity contribution in [1.29, 1.82) is 0 Å². The number of nitrogen functional groups attached to an aromatic ring is 1. The Balaban J connectivity index is 2.09. The van der Waals surface area contributed by atoms with Crippen LogP contribution in [0.3, 0.4) is 0 Å². The summed E-state index contributed by atoms with van der Waals surface area (Å²) >= 11 is 0. The summed E-state index contributed by atoms with van der Waals surface area (Å²) in [5.41, 5.74) is 5.21. The summed E-state index contributed by atoms with van der Waals surface area (Å²) in [6, 6.07) is 5.65. The minimum absolute atomic E-state index is 0.153. The number of nitrogens with two attached hydrogens (primary N) is 1. The average molecular weight is 289 g/mol. The molecule has 0 aliphatic carbocycles. The monoisotopic (exact) mass is 289 g/mol. The van der Waals surface area contributed by atoms with Gasteiger partial charge in [-0.05, 0) is 61.8 Å². The Kier molecular flexibility index (Phi) is 5.23. The van der Waals surface area contributed by atoms with Crippen molar-refractivity contribution in [2.24, 2.45) is 17.7 Å². The van der Waals surface area contributed by atoms with Crippen LogP contribution in [0.25, 0.3) is 0 Å². The second-order valence-corrected chi connectivity index (χ2v) is 6.40. The number of hydrogen-bond acceptors (Lipinski definition) is 3. The molecule has 1 aliphatic rings. The molecule has 116 valence electrons. The molecule has 4 nitrogen and oxygen atoms in total. The fourth-order valence-electron chi connectivity index (χ4n) is 3.16. The first-order chi connectivity index (χ1) is 10.0. The molecule has 1 unspecified atom stereocenters. The molecule has 1 saturated heterocycles. The van der Waals surface area contributed by atoms with Gasteiger partial charge in [0.15, 0.2) is 0 Å². The molecule has 0 aromatic heterocycles. The van der Waals surface area contributed by atoms with Gasteiger partial charge in [-0.1, -0.05) is 13.8 Å². The molecule has 1 fully saturated rings. The summed E-state index contributed by atoms with van der Waals surface area (Å²) in [4.78, 5) is 14.7. The summed E-state index contributed by atoms with van der Waals surface area (Å²) < 4.78 is 0. The lowest BCUT2D eigenvalue weighted by Crippen LogP contribution is -2.32. The van der Waals surface area contributed by atoms with Crippen molar-refractivity contribution < 1.29 is 4.79 Å². The van der Waals surface area contributed by atoms with E-state index >= 15 is 0 Å². The molecular weight excluding hydrogens is 262 g/mol. The van der Waals surface area contributed by atoms with Gasteiger partial charge >= 0.3 is 0 Å². The van der Waals surface area contributed by atoms with E-state index in [0.717, 1.165) is 48.7 Å². The van der Waals surface area contributed by atoms with Crippen molar-refractivity contribution in [1.82, 2.24) is 4.90 Å². The number of hydrazine groups is 1. The number of carbonyl (C=O) groups excluding carboxylic acids is 1. The van der Waals surface area contributed by atoms with Crippen LogP contribution in [-0.2, 0) is 0 Å². The van der Waals surface area contributed by atoms with Crippen LogP contribution in [0.4, 0.5) is 5.69 Å². The van der Waals surface area contributed by atoms with Crippen LogP contribution in [0.1, 0.15) is 49.0 Å². The van der Waals surface area contributed by atoms with Crippen molar-refractivity contribution in [3.05, 3.63) is 29.3 Å². The molecule has 21 heavy (non-hydrogen) atoms. The lowest BCUT2D eigenvalue weighted by molar-refractivity contribution is 0.0758. The Morgan fingerprint density at radius 2 is 2.10 bits per heavy atom. The van der Waals surface area contributed by atoms with E-state index in [0.29, 0.717) is 5.92 Å². The predicted octanol–water partition coefficient (Wildman–Crippen LogP) is 3.18. The first-order valence-corrected chi connectivity index (χ1v) is 7.89. The number of nitrogens with one attached hydrogen (secondary N) is 1. The highest BCUT2D eigenvalue weighted by molar-refractivity contribution is 5.96. The quantitative estimate of drug-likeness (QED) is 0.663. The Morgan fingerprint density at radius 3 is 2.71 bits per heavy atom. The molecule has 1 aromatic rings. The van der Waals surface area contributed by atoms with Crippen molar-refractivity contribution in [2.45, 2.75) is 40.0 Å². The summed E-state index contributed by atoms with van der Waals surface area (Å²) in [5.74, 6) is 7.01. The minimum atomic E-state index is 0.153. The lowest BCUT2D eigenvalue weighted by Gasteiger charge is -2.22. The maximum atomic E-state index is 12.7. The van der Waals surface area contributed by atoms with Crippen molar-refractivity contribution in [3.8, 4) is 0 Å². The molecule has 1 amide bonds. The molecule has 1 heterocycles. The van der Waals surface area contributed by atoms with Crippen molar-refractivity contribution >= 4 is 11.6 Å². The highest BCUT2D eigenvalue weighted by Crippen LogP contribution is 2.26. The Hall–Kier alpha value is -1.55. The maximum Gasteiger partial charge on any atom is 0.254 e. The number of rotatable bonds is 3. The summed E-state index contributed by atoms with van der Waals surface area (Å²) in [7, 11) is 0. The first kappa shape index (κ1) is 15.8. The second-order valence-electron chi connectivity index (χ2n) is 6.40. The highest BCUT2D eigenvalue weighted by atomic mass is 16.2. The summed E-state index contributed by atoms with van der Waals surface area (Å²) in [6.45, 7) is 8.27. The van der Waals surface area contributed by atoms with Gasteiger partial charge in [-0.25, -0.2) is 0 Å². The fraction of sp³-hybridized carbons (Fsp3) is 0.588. The van der Waals surface area contributed by atoms with Gasteiger partial charge in [0.25, 0.3) is 5.91 Å². The minimum Gasteiger partial charge on any atom is -0.339 e. The topological polar surface area (TPSA) is 58.4 Å². The third kappa shape index (κ3) is 3.76. The molecule has 1 atom stereocenters. The number of benzene rings is 1. The van der Waals surface area contributed by atoms with Gasteiger partial charge in [0.2, 0.25) is 0 Å².